The average Bonchev–Trinajstić information content (AvgIpc) is 2.96. The number of carbonyl (C=O) groups is 1. The predicted octanol–water partition coefficient (Wildman–Crippen LogP) is 3.86. The zero-order valence-electron chi connectivity index (χ0n) is 14.5. The first kappa shape index (κ1) is 16.7. The monoisotopic (exact) mass is 322 g/mol. The van der Waals surface area contributed by atoms with Crippen LogP contribution in [-0.2, 0) is 0 Å². The van der Waals surface area contributed by atoms with Crippen LogP contribution in [0.25, 0.3) is 11.1 Å². The quantitative estimate of drug-likeness (QED) is 0.929. The lowest BCUT2D eigenvalue weighted by atomic mass is 9.99. The van der Waals surface area contributed by atoms with Crippen molar-refractivity contribution in [2.75, 3.05) is 13.1 Å². The van der Waals surface area contributed by atoms with E-state index in [0.29, 0.717) is 12.5 Å². The normalized spacial score (nSPS) is 20.4. The molecule has 0 spiro atoms. The Kier molecular flexibility index (Phi) is 5.00. The number of hydrogen-bond acceptors (Lipinski definition) is 2. The van der Waals surface area contributed by atoms with Gasteiger partial charge in [0, 0.05) is 24.7 Å². The zero-order chi connectivity index (χ0) is 17.1. The largest absolute Gasteiger partial charge is 0.337 e. The third-order valence-corrected chi connectivity index (χ3v) is 5.03. The predicted molar refractivity (Wildman–Crippen MR) is 98.9 cm³/mol. The van der Waals surface area contributed by atoms with Gasteiger partial charge in [-0.05, 0) is 48.1 Å². The minimum atomic E-state index is 0.0976. The van der Waals surface area contributed by atoms with E-state index in [1.165, 1.54) is 11.1 Å². The Labute approximate surface area is 144 Å². The van der Waals surface area contributed by atoms with Crippen molar-refractivity contribution in [2.45, 2.75) is 32.7 Å². The molecule has 0 aromatic heterocycles. The minimum Gasteiger partial charge on any atom is -0.337 e. The Balaban J connectivity index is 1.74. The molecule has 1 heterocycles. The summed E-state index contributed by atoms with van der Waals surface area (Å²) < 4.78 is 0. The van der Waals surface area contributed by atoms with Crippen LogP contribution in [0.4, 0.5) is 0 Å². The second-order valence-electron chi connectivity index (χ2n) is 6.82. The lowest BCUT2D eigenvalue weighted by molar-refractivity contribution is 0.0785. The Morgan fingerprint density at radius 3 is 2.50 bits per heavy atom. The number of hydrogen-bond donors (Lipinski definition) is 1. The van der Waals surface area contributed by atoms with Crippen LogP contribution >= 0.6 is 0 Å². The van der Waals surface area contributed by atoms with E-state index in [1.54, 1.807) is 0 Å². The van der Waals surface area contributed by atoms with Crippen molar-refractivity contribution in [2.24, 2.45) is 11.7 Å². The Morgan fingerprint density at radius 2 is 1.83 bits per heavy atom. The van der Waals surface area contributed by atoms with Crippen LogP contribution in [0.15, 0.2) is 48.5 Å². The maximum Gasteiger partial charge on any atom is 0.253 e. The van der Waals surface area contributed by atoms with Crippen LogP contribution < -0.4 is 5.73 Å². The molecule has 1 aliphatic rings. The van der Waals surface area contributed by atoms with E-state index >= 15 is 0 Å². The highest BCUT2D eigenvalue weighted by molar-refractivity contribution is 5.95. The first-order valence-corrected chi connectivity index (χ1v) is 8.81. The SMILES string of the molecule is CCC[C@H]1CN(C(=O)c2ccc(-c3ccccc3C)cc2)C[C@@H]1N. The molecule has 126 valence electrons. The summed E-state index contributed by atoms with van der Waals surface area (Å²) >= 11 is 0. The van der Waals surface area contributed by atoms with E-state index < -0.39 is 0 Å². The van der Waals surface area contributed by atoms with E-state index in [1.807, 2.05) is 41.3 Å². The lowest BCUT2D eigenvalue weighted by Crippen LogP contribution is -2.32. The molecule has 0 saturated carbocycles. The van der Waals surface area contributed by atoms with E-state index in [0.717, 1.165) is 30.5 Å². The minimum absolute atomic E-state index is 0.0976. The van der Waals surface area contributed by atoms with E-state index in [2.05, 4.69) is 26.0 Å². The lowest BCUT2D eigenvalue weighted by Gasteiger charge is -2.16. The van der Waals surface area contributed by atoms with Crippen molar-refractivity contribution in [1.82, 2.24) is 4.90 Å². The molecule has 2 aromatic rings. The molecule has 1 fully saturated rings. The van der Waals surface area contributed by atoms with Gasteiger partial charge in [-0.3, -0.25) is 4.79 Å². The highest BCUT2D eigenvalue weighted by Gasteiger charge is 2.32. The average molecular weight is 322 g/mol. The summed E-state index contributed by atoms with van der Waals surface area (Å²) in [5.74, 6) is 0.533. The molecular weight excluding hydrogens is 296 g/mol. The van der Waals surface area contributed by atoms with Gasteiger partial charge in [0.1, 0.15) is 0 Å². The van der Waals surface area contributed by atoms with Crippen LogP contribution in [0.2, 0.25) is 0 Å². The van der Waals surface area contributed by atoms with Gasteiger partial charge in [0.25, 0.3) is 5.91 Å². The van der Waals surface area contributed by atoms with Gasteiger partial charge in [-0.25, -0.2) is 0 Å². The summed E-state index contributed by atoms with van der Waals surface area (Å²) in [6.45, 7) is 5.73. The van der Waals surface area contributed by atoms with Gasteiger partial charge < -0.3 is 10.6 Å². The van der Waals surface area contributed by atoms with E-state index in [9.17, 15) is 4.79 Å². The molecule has 3 heteroatoms. The molecule has 1 saturated heterocycles. The molecule has 24 heavy (non-hydrogen) atoms. The highest BCUT2D eigenvalue weighted by Crippen LogP contribution is 2.25. The second-order valence-corrected chi connectivity index (χ2v) is 6.82. The first-order valence-electron chi connectivity index (χ1n) is 8.81. The molecular formula is C21H26N2O. The number of aryl methyl sites for hydroxylation is 1. The molecule has 0 bridgehead atoms. The maximum absolute atomic E-state index is 12.7. The first-order chi connectivity index (χ1) is 11.6. The third kappa shape index (κ3) is 3.36. The van der Waals surface area contributed by atoms with Crippen molar-refractivity contribution in [3.05, 3.63) is 59.7 Å². The fourth-order valence-electron chi connectivity index (χ4n) is 3.61. The van der Waals surface area contributed by atoms with Crippen molar-refractivity contribution in [3.8, 4) is 11.1 Å². The number of nitrogens with zero attached hydrogens (tertiary/aromatic N) is 1. The van der Waals surface area contributed by atoms with Gasteiger partial charge >= 0.3 is 0 Å². The molecule has 0 radical (unpaired) electrons. The fourth-order valence-corrected chi connectivity index (χ4v) is 3.61. The zero-order valence-corrected chi connectivity index (χ0v) is 14.5. The smallest absolute Gasteiger partial charge is 0.253 e. The van der Waals surface area contributed by atoms with Gasteiger partial charge in [-0.2, -0.15) is 0 Å². The number of likely N-dealkylation sites (tertiary alicyclic amines) is 1. The molecule has 2 atom stereocenters. The van der Waals surface area contributed by atoms with Crippen LogP contribution in [0.5, 0.6) is 0 Å². The van der Waals surface area contributed by atoms with Gasteiger partial charge in [-0.1, -0.05) is 49.7 Å². The van der Waals surface area contributed by atoms with E-state index in [4.69, 9.17) is 5.73 Å². The number of nitrogens with two attached hydrogens (primary N) is 1. The van der Waals surface area contributed by atoms with E-state index in [-0.39, 0.29) is 11.9 Å². The van der Waals surface area contributed by atoms with Gasteiger partial charge in [-0.15, -0.1) is 0 Å². The van der Waals surface area contributed by atoms with Crippen molar-refractivity contribution in [1.29, 1.82) is 0 Å². The van der Waals surface area contributed by atoms with Crippen molar-refractivity contribution >= 4 is 5.91 Å². The molecule has 3 rings (SSSR count). The Morgan fingerprint density at radius 1 is 1.12 bits per heavy atom. The summed E-state index contributed by atoms with van der Waals surface area (Å²) in [6.07, 6.45) is 2.21. The third-order valence-electron chi connectivity index (χ3n) is 5.03. The molecule has 0 unspecified atom stereocenters. The van der Waals surface area contributed by atoms with Gasteiger partial charge in [0.15, 0.2) is 0 Å². The number of carbonyl (C=O) groups excluding carboxylic acids is 1. The summed E-state index contributed by atoms with van der Waals surface area (Å²) in [5, 5.41) is 0. The Hall–Kier alpha value is -2.13. The maximum atomic E-state index is 12.7. The summed E-state index contributed by atoms with van der Waals surface area (Å²) in [6, 6.07) is 16.4. The van der Waals surface area contributed by atoms with Gasteiger partial charge in [0.2, 0.25) is 0 Å². The van der Waals surface area contributed by atoms with Crippen molar-refractivity contribution in [3.63, 3.8) is 0 Å². The number of amides is 1. The van der Waals surface area contributed by atoms with Crippen LogP contribution in [-0.4, -0.2) is 29.9 Å². The molecule has 2 aromatic carbocycles. The molecule has 3 nitrogen and oxygen atoms in total. The van der Waals surface area contributed by atoms with Crippen LogP contribution in [0.1, 0.15) is 35.7 Å². The summed E-state index contributed by atoms with van der Waals surface area (Å²) in [4.78, 5) is 14.6. The van der Waals surface area contributed by atoms with Gasteiger partial charge in [0.05, 0.1) is 0 Å². The molecule has 1 aliphatic heterocycles. The number of rotatable bonds is 4. The molecule has 1 amide bonds. The fraction of sp³-hybridized carbons (Fsp3) is 0.381. The standard InChI is InChI=1S/C21H26N2O/c1-3-6-18-13-23(14-20(18)22)21(24)17-11-9-16(10-12-17)19-8-5-4-7-15(19)2/h4-5,7-12,18,20H,3,6,13-14,22H2,1-2H3/t18-,20-/m0/s1. The van der Waals surface area contributed by atoms with Crippen LogP contribution in [0, 0.1) is 12.8 Å². The molecule has 0 aliphatic carbocycles. The second kappa shape index (κ2) is 7.18. The topological polar surface area (TPSA) is 46.3 Å². The summed E-state index contributed by atoms with van der Waals surface area (Å²) in [7, 11) is 0. The van der Waals surface area contributed by atoms with Crippen molar-refractivity contribution < 1.29 is 4.79 Å². The number of benzene rings is 2. The summed E-state index contributed by atoms with van der Waals surface area (Å²) in [5.41, 5.74) is 10.5. The molecule has 2 N–H and O–H groups in total. The Bertz CT molecular complexity index is 708. The van der Waals surface area contributed by atoms with Crippen LogP contribution in [0.3, 0.4) is 0 Å². The highest BCUT2D eigenvalue weighted by atomic mass is 16.2.